The molecule has 2 unspecified atom stereocenters. The van der Waals surface area contributed by atoms with Crippen molar-refractivity contribution in [1.29, 1.82) is 0 Å². The van der Waals surface area contributed by atoms with Gasteiger partial charge in [0.2, 0.25) is 0 Å². The number of nitrogens with zero attached hydrogens (tertiary/aromatic N) is 4. The zero-order valence-electron chi connectivity index (χ0n) is 23.1. The second kappa shape index (κ2) is 11.4. The van der Waals surface area contributed by atoms with E-state index in [9.17, 15) is 17.6 Å². The fourth-order valence-electron chi connectivity index (χ4n) is 6.51. The molecular formula is C28H36FN7O4S. The van der Waals surface area contributed by atoms with Crippen LogP contribution < -0.4 is 15.2 Å². The predicted octanol–water partition coefficient (Wildman–Crippen LogP) is 2.66. The van der Waals surface area contributed by atoms with Crippen LogP contribution >= 0.6 is 0 Å². The molecule has 0 radical (unpaired) electrons. The number of piperidine rings is 2. The molecule has 0 spiro atoms. The van der Waals surface area contributed by atoms with Gasteiger partial charge in [-0.1, -0.05) is 6.42 Å². The van der Waals surface area contributed by atoms with Crippen LogP contribution in [-0.2, 0) is 14.9 Å². The molecule has 3 aliphatic rings. The van der Waals surface area contributed by atoms with Crippen LogP contribution in [0.4, 0.5) is 4.39 Å². The van der Waals surface area contributed by atoms with Crippen molar-refractivity contribution in [2.45, 2.75) is 69.1 Å². The molecule has 11 nitrogen and oxygen atoms in total. The number of hydrogen-bond donors (Lipinski definition) is 3. The Bertz CT molecular complexity index is 1540. The standard InChI is InChI=1S/C28H36FN7O4S/c1-40-21-11-14-35(19-9-12-31-13-10-19)24(15-21)22-16-23(28(37)34-41(30,38)39)32-27-25(22)26(17-3-2-4-17)33-36(27)20-7-5-18(29)6-8-20/h5-8,16-17,19,21,24,31H,2-4,9-15H2,1H3,(H,34,37)(H2,30,38,39). The number of fused-ring (bicyclic) bond motifs is 1. The van der Waals surface area contributed by atoms with Gasteiger partial charge in [0, 0.05) is 37.0 Å². The number of nitrogens with two attached hydrogens (primary N) is 1. The molecule has 3 fully saturated rings. The number of nitrogens with one attached hydrogen (secondary N) is 2. The number of pyridine rings is 1. The summed E-state index contributed by atoms with van der Waals surface area (Å²) in [5.41, 5.74) is 2.74. The van der Waals surface area contributed by atoms with E-state index < -0.39 is 16.1 Å². The van der Waals surface area contributed by atoms with Crippen LogP contribution in [0.25, 0.3) is 16.7 Å². The molecule has 220 valence electrons. The first-order valence-corrected chi connectivity index (χ1v) is 15.8. The van der Waals surface area contributed by atoms with Gasteiger partial charge in [-0.15, -0.1) is 0 Å². The predicted molar refractivity (Wildman–Crippen MR) is 151 cm³/mol. The first-order valence-electron chi connectivity index (χ1n) is 14.3. The number of carbonyl (C=O) groups is 1. The van der Waals surface area contributed by atoms with Crippen LogP contribution in [0, 0.1) is 5.82 Å². The Morgan fingerprint density at radius 3 is 2.51 bits per heavy atom. The van der Waals surface area contributed by atoms with E-state index in [2.05, 4.69) is 15.2 Å². The van der Waals surface area contributed by atoms with E-state index >= 15 is 0 Å². The summed E-state index contributed by atoms with van der Waals surface area (Å²) in [6.07, 6.45) is 6.73. The minimum Gasteiger partial charge on any atom is -0.381 e. The van der Waals surface area contributed by atoms with Crippen LogP contribution in [0.3, 0.4) is 0 Å². The van der Waals surface area contributed by atoms with Crippen LogP contribution in [0.2, 0.25) is 0 Å². The van der Waals surface area contributed by atoms with Crippen molar-refractivity contribution in [2.24, 2.45) is 5.14 Å². The molecule has 1 aromatic carbocycles. The highest BCUT2D eigenvalue weighted by Crippen LogP contribution is 2.45. The van der Waals surface area contributed by atoms with E-state index in [1.165, 1.54) is 12.1 Å². The van der Waals surface area contributed by atoms with Gasteiger partial charge in [0.1, 0.15) is 11.5 Å². The number of ether oxygens (including phenoxy) is 1. The fraction of sp³-hybridized carbons (Fsp3) is 0.536. The van der Waals surface area contributed by atoms with E-state index in [-0.39, 0.29) is 29.6 Å². The topological polar surface area (TPSA) is 144 Å². The van der Waals surface area contributed by atoms with Gasteiger partial charge in [-0.2, -0.15) is 13.5 Å². The lowest BCUT2D eigenvalue weighted by Gasteiger charge is -2.45. The maximum absolute atomic E-state index is 13.8. The largest absolute Gasteiger partial charge is 0.381 e. The van der Waals surface area contributed by atoms with Gasteiger partial charge in [-0.05, 0) is 87.5 Å². The van der Waals surface area contributed by atoms with Crippen LogP contribution in [-0.4, -0.2) is 72.9 Å². The molecule has 2 saturated heterocycles. The summed E-state index contributed by atoms with van der Waals surface area (Å²) in [5, 5.41) is 14.5. The Kier molecular flexibility index (Phi) is 7.81. The molecule has 1 amide bonds. The van der Waals surface area contributed by atoms with Gasteiger partial charge in [-0.3, -0.25) is 9.69 Å². The average molecular weight is 586 g/mol. The van der Waals surface area contributed by atoms with Gasteiger partial charge in [0.15, 0.2) is 5.65 Å². The summed E-state index contributed by atoms with van der Waals surface area (Å²) < 4.78 is 46.8. The SMILES string of the molecule is COC1CCN(C2CCNCC2)C(c2cc(C(=O)NS(N)(=O)=O)nc3c2c(C2CCC2)nn3-c2ccc(F)cc2)C1. The molecule has 3 aromatic rings. The normalized spacial score (nSPS) is 23.0. The maximum atomic E-state index is 13.8. The average Bonchev–Trinajstić information content (AvgIpc) is 3.30. The number of halogens is 1. The summed E-state index contributed by atoms with van der Waals surface area (Å²) in [6.45, 7) is 2.71. The molecule has 2 aromatic heterocycles. The number of aromatic nitrogens is 3. The van der Waals surface area contributed by atoms with Crippen molar-refractivity contribution in [1.82, 2.24) is 29.7 Å². The molecule has 6 rings (SSSR count). The summed E-state index contributed by atoms with van der Waals surface area (Å²) in [5.74, 6) is -1.06. The summed E-state index contributed by atoms with van der Waals surface area (Å²) in [7, 11) is -2.59. The van der Waals surface area contributed by atoms with Gasteiger partial charge in [-0.25, -0.2) is 23.9 Å². The number of amides is 1. The van der Waals surface area contributed by atoms with Crippen molar-refractivity contribution < 1.29 is 22.3 Å². The highest BCUT2D eigenvalue weighted by atomic mass is 32.2. The molecule has 1 saturated carbocycles. The second-order valence-electron chi connectivity index (χ2n) is 11.3. The zero-order valence-corrected chi connectivity index (χ0v) is 23.9. The molecule has 0 bridgehead atoms. The minimum atomic E-state index is -4.31. The number of likely N-dealkylation sites (tertiary alicyclic amines) is 1. The van der Waals surface area contributed by atoms with Gasteiger partial charge in [0.25, 0.3) is 16.1 Å². The third-order valence-corrected chi connectivity index (χ3v) is 9.26. The van der Waals surface area contributed by atoms with Crippen molar-refractivity contribution in [3.63, 3.8) is 0 Å². The Morgan fingerprint density at radius 2 is 1.88 bits per heavy atom. The van der Waals surface area contributed by atoms with E-state index in [0.717, 1.165) is 74.8 Å². The third kappa shape index (κ3) is 5.73. The molecule has 41 heavy (non-hydrogen) atoms. The monoisotopic (exact) mass is 585 g/mol. The van der Waals surface area contributed by atoms with E-state index in [1.54, 1.807) is 30.0 Å². The highest BCUT2D eigenvalue weighted by Gasteiger charge is 2.38. The lowest BCUT2D eigenvalue weighted by molar-refractivity contribution is -0.0130. The van der Waals surface area contributed by atoms with E-state index in [0.29, 0.717) is 23.8 Å². The van der Waals surface area contributed by atoms with Crippen molar-refractivity contribution >= 4 is 27.1 Å². The van der Waals surface area contributed by atoms with Crippen LogP contribution in [0.15, 0.2) is 30.3 Å². The summed E-state index contributed by atoms with van der Waals surface area (Å²) in [6, 6.07) is 7.90. The van der Waals surface area contributed by atoms with Gasteiger partial charge >= 0.3 is 0 Å². The number of benzene rings is 1. The third-order valence-electron chi connectivity index (χ3n) is 8.79. The van der Waals surface area contributed by atoms with Gasteiger partial charge < -0.3 is 10.1 Å². The maximum Gasteiger partial charge on any atom is 0.299 e. The molecule has 2 aliphatic heterocycles. The van der Waals surface area contributed by atoms with Crippen LogP contribution in [0.1, 0.15) is 78.7 Å². The van der Waals surface area contributed by atoms with E-state index in [1.807, 2.05) is 4.72 Å². The number of carbonyl (C=O) groups excluding carboxylic acids is 1. The second-order valence-corrected chi connectivity index (χ2v) is 12.6. The van der Waals surface area contributed by atoms with Crippen molar-refractivity contribution in [3.8, 4) is 5.69 Å². The first kappa shape index (κ1) is 28.2. The first-order chi connectivity index (χ1) is 19.7. The van der Waals surface area contributed by atoms with Crippen LogP contribution in [0.5, 0.6) is 0 Å². The van der Waals surface area contributed by atoms with Gasteiger partial charge in [0.05, 0.1) is 17.5 Å². The lowest BCUT2D eigenvalue weighted by Crippen LogP contribution is -2.49. The zero-order chi connectivity index (χ0) is 28.7. The lowest BCUT2D eigenvalue weighted by atomic mass is 9.80. The molecular weight excluding hydrogens is 549 g/mol. The molecule has 4 N–H and O–H groups in total. The number of methoxy groups -OCH3 is 1. The summed E-state index contributed by atoms with van der Waals surface area (Å²) in [4.78, 5) is 20.4. The van der Waals surface area contributed by atoms with E-state index in [4.69, 9.17) is 15.0 Å². The molecule has 13 heteroatoms. The highest BCUT2D eigenvalue weighted by molar-refractivity contribution is 7.87. The quantitative estimate of drug-likeness (QED) is 0.384. The minimum absolute atomic E-state index is 0.0298. The number of hydrogen-bond acceptors (Lipinski definition) is 8. The smallest absolute Gasteiger partial charge is 0.299 e. The fourth-order valence-corrected chi connectivity index (χ4v) is 6.87. The molecule has 1 aliphatic carbocycles. The Labute approximate surface area is 238 Å². The Balaban J connectivity index is 1.58. The van der Waals surface area contributed by atoms with Crippen molar-refractivity contribution in [3.05, 3.63) is 53.1 Å². The molecule has 4 heterocycles. The number of rotatable bonds is 7. The Morgan fingerprint density at radius 1 is 1.15 bits per heavy atom. The molecule has 2 atom stereocenters. The summed E-state index contributed by atoms with van der Waals surface area (Å²) >= 11 is 0. The Hall–Kier alpha value is -2.97. The van der Waals surface area contributed by atoms with Crippen molar-refractivity contribution in [2.75, 3.05) is 26.7 Å².